The summed E-state index contributed by atoms with van der Waals surface area (Å²) >= 11 is 1.54. The number of carbonyl (C=O) groups excluding carboxylic acids is 2. The Bertz CT molecular complexity index is 889. The van der Waals surface area contributed by atoms with Crippen molar-refractivity contribution in [2.75, 3.05) is 13.2 Å². The highest BCUT2D eigenvalue weighted by molar-refractivity contribution is 7.13. The molecule has 27 heavy (non-hydrogen) atoms. The van der Waals surface area contributed by atoms with Crippen molar-refractivity contribution in [3.63, 3.8) is 0 Å². The molecule has 0 spiro atoms. The maximum atomic E-state index is 12.6. The van der Waals surface area contributed by atoms with E-state index in [1.165, 1.54) is 0 Å². The van der Waals surface area contributed by atoms with Crippen LogP contribution in [0, 0.1) is 0 Å². The van der Waals surface area contributed by atoms with Crippen LogP contribution in [0.5, 0.6) is 0 Å². The molecule has 0 unspecified atom stereocenters. The van der Waals surface area contributed by atoms with Crippen LogP contribution in [0.1, 0.15) is 30.3 Å². The summed E-state index contributed by atoms with van der Waals surface area (Å²) < 4.78 is 6.75. The average molecular weight is 383 g/mol. The number of benzene rings is 1. The summed E-state index contributed by atoms with van der Waals surface area (Å²) in [6.45, 7) is 2.32. The first-order valence-electron chi connectivity index (χ1n) is 8.82. The van der Waals surface area contributed by atoms with Gasteiger partial charge in [0.05, 0.1) is 10.6 Å². The van der Waals surface area contributed by atoms with Gasteiger partial charge in [-0.2, -0.15) is 5.10 Å². The first kappa shape index (κ1) is 18.8. The number of esters is 1. The third-order valence-electron chi connectivity index (χ3n) is 3.88. The van der Waals surface area contributed by atoms with Crippen molar-refractivity contribution < 1.29 is 14.3 Å². The van der Waals surface area contributed by atoms with Crippen LogP contribution in [0.3, 0.4) is 0 Å². The number of aromatic nitrogens is 2. The van der Waals surface area contributed by atoms with Gasteiger partial charge in [0.25, 0.3) is 5.91 Å². The van der Waals surface area contributed by atoms with E-state index in [1.54, 1.807) is 22.1 Å². The number of nitrogens with one attached hydrogen (secondary N) is 1. The van der Waals surface area contributed by atoms with E-state index >= 15 is 0 Å². The molecule has 0 saturated carbocycles. The molecular weight excluding hydrogens is 362 g/mol. The molecule has 0 fully saturated rings. The van der Waals surface area contributed by atoms with Crippen molar-refractivity contribution in [1.29, 1.82) is 0 Å². The molecule has 3 aromatic rings. The van der Waals surface area contributed by atoms with Crippen LogP contribution in [0.25, 0.3) is 16.3 Å². The SMILES string of the molecule is CCCCNC(=O)COC(=O)c1cc(-c2cccs2)nn1-c1ccccc1. The summed E-state index contributed by atoms with van der Waals surface area (Å²) in [7, 11) is 0. The molecule has 3 rings (SSSR count). The fraction of sp³-hybridized carbons (Fsp3) is 0.250. The van der Waals surface area contributed by atoms with Gasteiger partial charge in [-0.05, 0) is 30.0 Å². The Morgan fingerprint density at radius 2 is 2.00 bits per heavy atom. The molecule has 140 valence electrons. The van der Waals surface area contributed by atoms with Crippen LogP contribution in [0.4, 0.5) is 0 Å². The quantitative estimate of drug-likeness (QED) is 0.476. The van der Waals surface area contributed by atoms with E-state index in [-0.39, 0.29) is 18.2 Å². The minimum Gasteiger partial charge on any atom is -0.451 e. The number of ether oxygens (including phenoxy) is 1. The summed E-state index contributed by atoms with van der Waals surface area (Å²) in [6, 6.07) is 14.9. The molecule has 1 N–H and O–H groups in total. The molecule has 1 amide bonds. The molecule has 0 aliphatic heterocycles. The van der Waals surface area contributed by atoms with E-state index in [0.717, 1.165) is 23.4 Å². The van der Waals surface area contributed by atoms with Gasteiger partial charge in [0, 0.05) is 12.6 Å². The van der Waals surface area contributed by atoms with E-state index in [4.69, 9.17) is 4.74 Å². The van der Waals surface area contributed by atoms with Crippen molar-refractivity contribution >= 4 is 23.2 Å². The van der Waals surface area contributed by atoms with Crippen LogP contribution in [0.2, 0.25) is 0 Å². The highest BCUT2D eigenvalue weighted by Gasteiger charge is 2.20. The first-order chi connectivity index (χ1) is 13.2. The third-order valence-corrected chi connectivity index (χ3v) is 4.77. The van der Waals surface area contributed by atoms with E-state index in [2.05, 4.69) is 10.4 Å². The molecule has 0 saturated heterocycles. The van der Waals surface area contributed by atoms with E-state index in [0.29, 0.717) is 12.2 Å². The maximum absolute atomic E-state index is 12.6. The fourth-order valence-electron chi connectivity index (χ4n) is 2.50. The molecule has 0 bridgehead atoms. The van der Waals surface area contributed by atoms with Crippen molar-refractivity contribution in [2.24, 2.45) is 0 Å². The highest BCUT2D eigenvalue weighted by atomic mass is 32.1. The maximum Gasteiger partial charge on any atom is 0.357 e. The van der Waals surface area contributed by atoms with Gasteiger partial charge in [0.15, 0.2) is 12.3 Å². The summed E-state index contributed by atoms with van der Waals surface area (Å²) in [5, 5.41) is 9.24. The lowest BCUT2D eigenvalue weighted by Crippen LogP contribution is -2.29. The Morgan fingerprint density at radius 3 is 2.70 bits per heavy atom. The molecule has 6 nitrogen and oxygen atoms in total. The molecule has 0 radical (unpaired) electrons. The van der Waals surface area contributed by atoms with Crippen LogP contribution in [-0.4, -0.2) is 34.8 Å². The Hall–Kier alpha value is -2.93. The van der Waals surface area contributed by atoms with Gasteiger partial charge in [-0.3, -0.25) is 4.79 Å². The van der Waals surface area contributed by atoms with Crippen molar-refractivity contribution in [3.05, 3.63) is 59.6 Å². The zero-order valence-electron chi connectivity index (χ0n) is 15.1. The summed E-state index contributed by atoms with van der Waals surface area (Å²) in [6.07, 6.45) is 1.88. The lowest BCUT2D eigenvalue weighted by molar-refractivity contribution is -0.124. The largest absolute Gasteiger partial charge is 0.451 e. The van der Waals surface area contributed by atoms with Gasteiger partial charge in [0.2, 0.25) is 0 Å². The molecule has 2 aromatic heterocycles. The predicted molar refractivity (Wildman–Crippen MR) is 105 cm³/mol. The summed E-state index contributed by atoms with van der Waals surface area (Å²) in [5.41, 5.74) is 1.72. The molecule has 0 aliphatic rings. The normalized spacial score (nSPS) is 10.6. The number of carbonyl (C=O) groups is 2. The molecule has 7 heteroatoms. The van der Waals surface area contributed by atoms with E-state index in [1.807, 2.05) is 54.8 Å². The zero-order chi connectivity index (χ0) is 19.1. The number of para-hydroxylation sites is 1. The zero-order valence-corrected chi connectivity index (χ0v) is 15.9. The van der Waals surface area contributed by atoms with Gasteiger partial charge in [0.1, 0.15) is 5.69 Å². The summed E-state index contributed by atoms with van der Waals surface area (Å²) in [5.74, 6) is -0.888. The van der Waals surface area contributed by atoms with Gasteiger partial charge in [-0.25, -0.2) is 9.48 Å². The number of rotatable bonds is 8. The van der Waals surface area contributed by atoms with Gasteiger partial charge >= 0.3 is 5.97 Å². The number of thiophene rings is 1. The number of hydrogen-bond donors (Lipinski definition) is 1. The second-order valence-electron chi connectivity index (χ2n) is 5.92. The third kappa shape index (κ3) is 4.83. The minimum atomic E-state index is -0.584. The molecular formula is C20H21N3O3S. The predicted octanol–water partition coefficient (Wildman–Crippen LogP) is 3.67. The van der Waals surface area contributed by atoms with Crippen molar-refractivity contribution in [2.45, 2.75) is 19.8 Å². The van der Waals surface area contributed by atoms with Gasteiger partial charge in [-0.15, -0.1) is 11.3 Å². The monoisotopic (exact) mass is 383 g/mol. The van der Waals surface area contributed by atoms with Crippen molar-refractivity contribution in [3.8, 4) is 16.3 Å². The average Bonchev–Trinajstić information content (AvgIpc) is 3.36. The summed E-state index contributed by atoms with van der Waals surface area (Å²) in [4.78, 5) is 25.3. The fourth-order valence-corrected chi connectivity index (χ4v) is 3.18. The molecule has 0 aliphatic carbocycles. The van der Waals surface area contributed by atoms with Gasteiger partial charge < -0.3 is 10.1 Å². The molecule has 0 atom stereocenters. The lowest BCUT2D eigenvalue weighted by Gasteiger charge is -2.08. The lowest BCUT2D eigenvalue weighted by atomic mass is 10.3. The number of hydrogen-bond acceptors (Lipinski definition) is 5. The molecule has 1 aromatic carbocycles. The topological polar surface area (TPSA) is 73.2 Å². The second-order valence-corrected chi connectivity index (χ2v) is 6.87. The van der Waals surface area contributed by atoms with E-state index < -0.39 is 5.97 Å². The Morgan fingerprint density at radius 1 is 1.19 bits per heavy atom. The standard InChI is InChI=1S/C20H21N3O3S/c1-2-3-11-21-19(24)14-26-20(25)17-13-16(18-10-7-12-27-18)22-23(17)15-8-5-4-6-9-15/h4-10,12-13H,2-3,11,14H2,1H3,(H,21,24). The number of nitrogens with zero attached hydrogens (tertiary/aromatic N) is 2. The number of unbranched alkanes of at least 4 members (excludes halogenated alkanes) is 1. The first-order valence-corrected chi connectivity index (χ1v) is 9.70. The van der Waals surface area contributed by atoms with E-state index in [9.17, 15) is 9.59 Å². The van der Waals surface area contributed by atoms with Crippen LogP contribution in [-0.2, 0) is 9.53 Å². The Balaban J connectivity index is 1.79. The Labute approximate surface area is 161 Å². The number of amides is 1. The van der Waals surface area contributed by atoms with Crippen LogP contribution >= 0.6 is 11.3 Å². The highest BCUT2D eigenvalue weighted by Crippen LogP contribution is 2.26. The minimum absolute atomic E-state index is 0.283. The van der Waals surface area contributed by atoms with Crippen LogP contribution in [0.15, 0.2) is 53.9 Å². The smallest absolute Gasteiger partial charge is 0.357 e. The van der Waals surface area contributed by atoms with Crippen LogP contribution < -0.4 is 5.32 Å². The molecule has 2 heterocycles. The van der Waals surface area contributed by atoms with Gasteiger partial charge in [-0.1, -0.05) is 37.6 Å². The Kier molecular flexibility index (Phi) is 6.38. The second kappa shape index (κ2) is 9.14. The van der Waals surface area contributed by atoms with Crippen molar-refractivity contribution in [1.82, 2.24) is 15.1 Å².